The third-order valence-corrected chi connectivity index (χ3v) is 4.73. The van der Waals surface area contributed by atoms with E-state index < -0.39 is 0 Å². The summed E-state index contributed by atoms with van der Waals surface area (Å²) in [7, 11) is 0. The lowest BCUT2D eigenvalue weighted by Crippen LogP contribution is -2.15. The molecule has 0 amide bonds. The molecule has 156 valence electrons. The molecule has 2 heterocycles. The first kappa shape index (κ1) is 20.3. The predicted octanol–water partition coefficient (Wildman–Crippen LogP) is 3.50. The largest absolute Gasteiger partial charge is 0.487 e. The summed E-state index contributed by atoms with van der Waals surface area (Å²) >= 11 is 0. The van der Waals surface area contributed by atoms with Crippen molar-refractivity contribution in [1.82, 2.24) is 14.8 Å². The molecule has 0 aliphatic heterocycles. The van der Waals surface area contributed by atoms with Crippen molar-refractivity contribution >= 4 is 16.9 Å². The van der Waals surface area contributed by atoms with Crippen LogP contribution in [0.4, 0.5) is 0 Å². The van der Waals surface area contributed by atoms with Crippen LogP contribution in [0.2, 0.25) is 0 Å². The van der Waals surface area contributed by atoms with Crippen LogP contribution in [0.5, 0.6) is 5.75 Å². The fourth-order valence-corrected chi connectivity index (χ4v) is 3.10. The highest BCUT2D eigenvalue weighted by atomic mass is 16.5. The molecule has 0 radical (unpaired) electrons. The molecule has 0 spiro atoms. The van der Waals surface area contributed by atoms with Crippen LogP contribution < -0.4 is 10.2 Å². The van der Waals surface area contributed by atoms with Crippen molar-refractivity contribution in [3.05, 3.63) is 101 Å². The standard InChI is InChI=1S/C24H21N3O4/c28-23-15-26-27(22-7-2-1-6-21(22)23)14-12-24(29)31-16-18-8-10-20(11-9-18)30-17-19-5-3-4-13-25-19/h1-11,13,15H,12,14,16-17H2. The number of benzene rings is 2. The summed E-state index contributed by atoms with van der Waals surface area (Å²) in [6.07, 6.45) is 3.16. The lowest BCUT2D eigenvalue weighted by Gasteiger charge is -2.10. The number of rotatable bonds is 8. The van der Waals surface area contributed by atoms with Crippen LogP contribution in [0.15, 0.2) is 83.9 Å². The Bertz CT molecular complexity index is 1220. The second-order valence-electron chi connectivity index (χ2n) is 6.91. The monoisotopic (exact) mass is 415 g/mol. The van der Waals surface area contributed by atoms with Gasteiger partial charge in [-0.1, -0.05) is 30.3 Å². The smallest absolute Gasteiger partial charge is 0.308 e. The van der Waals surface area contributed by atoms with E-state index in [1.807, 2.05) is 54.6 Å². The number of hydrogen-bond acceptors (Lipinski definition) is 6. The van der Waals surface area contributed by atoms with Crippen molar-refractivity contribution in [1.29, 1.82) is 0 Å². The second-order valence-corrected chi connectivity index (χ2v) is 6.91. The van der Waals surface area contributed by atoms with Gasteiger partial charge in [0.05, 0.1) is 30.4 Å². The number of ether oxygens (including phenoxy) is 2. The van der Waals surface area contributed by atoms with Crippen LogP contribution in [0.25, 0.3) is 10.9 Å². The van der Waals surface area contributed by atoms with Gasteiger partial charge in [0.2, 0.25) is 5.43 Å². The van der Waals surface area contributed by atoms with Crippen LogP contribution in [0, 0.1) is 0 Å². The third-order valence-electron chi connectivity index (χ3n) is 4.73. The Morgan fingerprint density at radius 2 is 1.74 bits per heavy atom. The molecule has 7 nitrogen and oxygen atoms in total. The predicted molar refractivity (Wildman–Crippen MR) is 115 cm³/mol. The molecule has 0 N–H and O–H groups in total. The number of hydrogen-bond donors (Lipinski definition) is 0. The van der Waals surface area contributed by atoms with Crippen LogP contribution in [-0.2, 0) is 29.3 Å². The topological polar surface area (TPSA) is 83.3 Å². The molecular formula is C24H21N3O4. The molecule has 7 heteroatoms. The van der Waals surface area contributed by atoms with E-state index in [1.54, 1.807) is 23.0 Å². The van der Waals surface area contributed by atoms with Crippen molar-refractivity contribution < 1.29 is 14.3 Å². The van der Waals surface area contributed by atoms with Crippen LogP contribution in [0.1, 0.15) is 17.7 Å². The minimum atomic E-state index is -0.333. The fraction of sp³-hybridized carbons (Fsp3) is 0.167. The Balaban J connectivity index is 1.26. The first-order chi connectivity index (χ1) is 15.2. The molecule has 0 saturated carbocycles. The SMILES string of the molecule is O=C(CCn1ncc(=O)c2ccccc21)OCc1ccc(OCc2ccccn2)cc1. The van der Waals surface area contributed by atoms with Gasteiger partial charge in [-0.2, -0.15) is 5.10 Å². The normalized spacial score (nSPS) is 10.7. The van der Waals surface area contributed by atoms with Gasteiger partial charge in [0.25, 0.3) is 0 Å². The average Bonchev–Trinajstić information content (AvgIpc) is 2.82. The molecule has 0 aliphatic rings. The molecule has 31 heavy (non-hydrogen) atoms. The zero-order chi connectivity index (χ0) is 21.5. The van der Waals surface area contributed by atoms with Gasteiger partial charge in [-0.25, -0.2) is 0 Å². The molecule has 4 rings (SSSR count). The molecule has 2 aromatic heterocycles. The number of carbonyl (C=O) groups excluding carboxylic acids is 1. The maximum absolute atomic E-state index is 12.2. The quantitative estimate of drug-likeness (QED) is 0.410. The molecular weight excluding hydrogens is 394 g/mol. The van der Waals surface area contributed by atoms with Gasteiger partial charge in [-0.05, 0) is 42.0 Å². The zero-order valence-electron chi connectivity index (χ0n) is 16.8. The van der Waals surface area contributed by atoms with Crippen molar-refractivity contribution in [3.63, 3.8) is 0 Å². The first-order valence-electron chi connectivity index (χ1n) is 9.91. The van der Waals surface area contributed by atoms with Gasteiger partial charge >= 0.3 is 5.97 Å². The van der Waals surface area contributed by atoms with Crippen LogP contribution in [-0.4, -0.2) is 20.7 Å². The van der Waals surface area contributed by atoms with E-state index in [4.69, 9.17) is 9.47 Å². The Kier molecular flexibility index (Phi) is 6.32. The first-order valence-corrected chi connectivity index (χ1v) is 9.91. The summed E-state index contributed by atoms with van der Waals surface area (Å²) in [5.41, 5.74) is 2.28. The van der Waals surface area contributed by atoms with E-state index in [9.17, 15) is 9.59 Å². The minimum Gasteiger partial charge on any atom is -0.487 e. The molecule has 0 bridgehead atoms. The number of aryl methyl sites for hydroxylation is 1. The summed E-state index contributed by atoms with van der Waals surface area (Å²) in [5, 5.41) is 4.70. The summed E-state index contributed by atoms with van der Waals surface area (Å²) in [6.45, 7) is 0.903. The number of fused-ring (bicyclic) bond motifs is 1. The number of aromatic nitrogens is 3. The van der Waals surface area contributed by atoms with E-state index in [2.05, 4.69) is 10.1 Å². The fourth-order valence-electron chi connectivity index (χ4n) is 3.10. The molecule has 0 aliphatic carbocycles. The summed E-state index contributed by atoms with van der Waals surface area (Å²) in [4.78, 5) is 28.3. The minimum absolute atomic E-state index is 0.137. The lowest BCUT2D eigenvalue weighted by molar-refractivity contribution is -0.145. The van der Waals surface area contributed by atoms with Gasteiger partial charge in [0.1, 0.15) is 19.0 Å². The van der Waals surface area contributed by atoms with Gasteiger partial charge in [0.15, 0.2) is 0 Å². The third kappa shape index (κ3) is 5.33. The van der Waals surface area contributed by atoms with E-state index >= 15 is 0 Å². The van der Waals surface area contributed by atoms with Crippen LogP contribution in [0.3, 0.4) is 0 Å². The Labute approximate surface area is 178 Å². The van der Waals surface area contributed by atoms with Crippen molar-refractivity contribution in [2.45, 2.75) is 26.2 Å². The number of carbonyl (C=O) groups is 1. The van der Waals surface area contributed by atoms with Crippen molar-refractivity contribution in [2.24, 2.45) is 0 Å². The zero-order valence-corrected chi connectivity index (χ0v) is 16.8. The van der Waals surface area contributed by atoms with E-state index in [1.165, 1.54) is 6.20 Å². The molecule has 2 aromatic carbocycles. The maximum Gasteiger partial charge on any atom is 0.308 e. The molecule has 0 fully saturated rings. The summed E-state index contributed by atoms with van der Waals surface area (Å²) in [6, 6.07) is 20.3. The Hall–Kier alpha value is -4.00. The number of esters is 1. The highest BCUT2D eigenvalue weighted by molar-refractivity contribution is 5.78. The lowest BCUT2D eigenvalue weighted by atomic mass is 10.2. The molecule has 4 aromatic rings. The van der Waals surface area contributed by atoms with E-state index in [-0.39, 0.29) is 24.4 Å². The van der Waals surface area contributed by atoms with E-state index in [0.717, 1.165) is 17.0 Å². The van der Waals surface area contributed by atoms with E-state index in [0.29, 0.717) is 24.1 Å². The van der Waals surface area contributed by atoms with Crippen LogP contribution >= 0.6 is 0 Å². The van der Waals surface area contributed by atoms with Crippen molar-refractivity contribution in [2.75, 3.05) is 0 Å². The summed E-state index contributed by atoms with van der Waals surface area (Å²) < 4.78 is 12.7. The highest BCUT2D eigenvalue weighted by Crippen LogP contribution is 2.15. The average molecular weight is 415 g/mol. The van der Waals surface area contributed by atoms with Crippen molar-refractivity contribution in [3.8, 4) is 5.75 Å². The van der Waals surface area contributed by atoms with Gasteiger partial charge in [-0.3, -0.25) is 19.3 Å². The Morgan fingerprint density at radius 1 is 0.935 bits per heavy atom. The highest BCUT2D eigenvalue weighted by Gasteiger charge is 2.08. The summed E-state index contributed by atoms with van der Waals surface area (Å²) in [5.74, 6) is 0.386. The molecule has 0 saturated heterocycles. The number of nitrogens with zero attached hydrogens (tertiary/aromatic N) is 3. The van der Waals surface area contributed by atoms with Gasteiger partial charge in [-0.15, -0.1) is 0 Å². The number of para-hydroxylation sites is 1. The molecule has 0 atom stereocenters. The van der Waals surface area contributed by atoms with Gasteiger partial charge in [0, 0.05) is 11.6 Å². The second kappa shape index (κ2) is 9.67. The number of pyridine rings is 1. The Morgan fingerprint density at radius 3 is 2.55 bits per heavy atom. The van der Waals surface area contributed by atoms with Gasteiger partial charge < -0.3 is 9.47 Å². The maximum atomic E-state index is 12.2. The molecule has 0 unspecified atom stereocenters.